The van der Waals surface area contributed by atoms with Crippen LogP contribution >= 0.6 is 0 Å². The summed E-state index contributed by atoms with van der Waals surface area (Å²) >= 11 is 0. The molecule has 18 heavy (non-hydrogen) atoms. The van der Waals surface area contributed by atoms with Crippen LogP contribution in [0.15, 0.2) is 28.8 Å². The molecule has 5 heteroatoms. The van der Waals surface area contributed by atoms with Gasteiger partial charge in [0.1, 0.15) is 5.75 Å². The van der Waals surface area contributed by atoms with Crippen LogP contribution in [0.5, 0.6) is 5.75 Å². The minimum absolute atomic E-state index is 0.155. The number of nitrogens with zero attached hydrogens (tertiary/aromatic N) is 1. The summed E-state index contributed by atoms with van der Waals surface area (Å²) in [5.74, 6) is 0.233. The topological polar surface area (TPSA) is 72.6 Å². The average molecular weight is 247 g/mol. The van der Waals surface area contributed by atoms with E-state index in [1.165, 1.54) is 0 Å². The third-order valence-electron chi connectivity index (χ3n) is 2.51. The van der Waals surface area contributed by atoms with E-state index in [1.807, 2.05) is 25.1 Å². The SMILES string of the molecule is COc1ccc(C)cc1-c1cc(CC(=O)O)no1. The first-order valence-corrected chi connectivity index (χ1v) is 5.42. The van der Waals surface area contributed by atoms with Gasteiger partial charge in [0.15, 0.2) is 5.76 Å². The summed E-state index contributed by atoms with van der Waals surface area (Å²) in [7, 11) is 1.57. The van der Waals surface area contributed by atoms with Crippen LogP contribution in [0.3, 0.4) is 0 Å². The standard InChI is InChI=1S/C13H13NO4/c1-8-3-4-11(17-2)10(5-8)12-6-9(14-18-12)7-13(15)16/h3-6H,7H2,1-2H3,(H,15,16). The number of methoxy groups -OCH3 is 1. The van der Waals surface area contributed by atoms with Gasteiger partial charge in [-0.25, -0.2) is 0 Å². The van der Waals surface area contributed by atoms with E-state index in [0.717, 1.165) is 11.1 Å². The number of ether oxygens (including phenoxy) is 1. The van der Waals surface area contributed by atoms with Crippen LogP contribution in [0.2, 0.25) is 0 Å². The molecule has 0 fully saturated rings. The van der Waals surface area contributed by atoms with Crippen molar-refractivity contribution in [1.82, 2.24) is 5.16 Å². The Morgan fingerprint density at radius 3 is 2.89 bits per heavy atom. The zero-order chi connectivity index (χ0) is 13.1. The van der Waals surface area contributed by atoms with Gasteiger partial charge in [-0.15, -0.1) is 0 Å². The van der Waals surface area contributed by atoms with Crippen molar-refractivity contribution in [3.8, 4) is 17.1 Å². The highest BCUT2D eigenvalue weighted by Crippen LogP contribution is 2.31. The van der Waals surface area contributed by atoms with Crippen LogP contribution in [0.4, 0.5) is 0 Å². The van der Waals surface area contributed by atoms with E-state index in [9.17, 15) is 4.79 Å². The minimum atomic E-state index is -0.939. The molecule has 0 aliphatic heterocycles. The molecule has 0 saturated carbocycles. The maximum atomic E-state index is 10.6. The quantitative estimate of drug-likeness (QED) is 0.897. The number of hydrogen-bond donors (Lipinski definition) is 1. The number of carboxylic acids is 1. The van der Waals surface area contributed by atoms with Crippen molar-refractivity contribution in [2.45, 2.75) is 13.3 Å². The molecule has 1 aromatic carbocycles. The largest absolute Gasteiger partial charge is 0.496 e. The molecule has 2 aromatic rings. The highest BCUT2D eigenvalue weighted by atomic mass is 16.5. The second-order valence-electron chi connectivity index (χ2n) is 3.96. The molecule has 5 nitrogen and oxygen atoms in total. The van der Waals surface area contributed by atoms with E-state index in [0.29, 0.717) is 17.2 Å². The third kappa shape index (κ3) is 2.51. The van der Waals surface area contributed by atoms with Gasteiger partial charge >= 0.3 is 5.97 Å². The van der Waals surface area contributed by atoms with Crippen molar-refractivity contribution in [3.05, 3.63) is 35.5 Å². The predicted molar refractivity (Wildman–Crippen MR) is 64.6 cm³/mol. The Balaban J connectivity index is 2.38. The van der Waals surface area contributed by atoms with Crippen molar-refractivity contribution in [3.63, 3.8) is 0 Å². The van der Waals surface area contributed by atoms with Gasteiger partial charge in [0.05, 0.1) is 24.8 Å². The molecule has 0 atom stereocenters. The van der Waals surface area contributed by atoms with E-state index in [2.05, 4.69) is 5.16 Å². The van der Waals surface area contributed by atoms with Crippen molar-refractivity contribution in [2.24, 2.45) is 0 Å². The Morgan fingerprint density at radius 1 is 1.44 bits per heavy atom. The maximum Gasteiger partial charge on any atom is 0.309 e. The van der Waals surface area contributed by atoms with E-state index >= 15 is 0 Å². The van der Waals surface area contributed by atoms with E-state index in [4.69, 9.17) is 14.4 Å². The Labute approximate surface area is 104 Å². The van der Waals surface area contributed by atoms with Crippen LogP contribution in [0.25, 0.3) is 11.3 Å². The van der Waals surface area contributed by atoms with E-state index < -0.39 is 5.97 Å². The predicted octanol–water partition coefficient (Wildman–Crippen LogP) is 2.29. The molecule has 0 aliphatic carbocycles. The maximum absolute atomic E-state index is 10.6. The zero-order valence-electron chi connectivity index (χ0n) is 10.1. The summed E-state index contributed by atoms with van der Waals surface area (Å²) in [6.07, 6.45) is -0.155. The van der Waals surface area contributed by atoms with Crippen LogP contribution in [0.1, 0.15) is 11.3 Å². The van der Waals surface area contributed by atoms with Crippen LogP contribution in [-0.4, -0.2) is 23.3 Å². The van der Waals surface area contributed by atoms with Crippen LogP contribution < -0.4 is 4.74 Å². The van der Waals surface area contributed by atoms with Gasteiger partial charge in [0.2, 0.25) is 0 Å². The monoisotopic (exact) mass is 247 g/mol. The normalized spacial score (nSPS) is 10.3. The first-order valence-electron chi connectivity index (χ1n) is 5.42. The summed E-state index contributed by atoms with van der Waals surface area (Å²) in [5, 5.41) is 12.4. The molecule has 0 radical (unpaired) electrons. The highest BCUT2D eigenvalue weighted by molar-refractivity contribution is 5.71. The Bertz CT molecular complexity index is 574. The number of carbonyl (C=O) groups is 1. The second-order valence-corrected chi connectivity index (χ2v) is 3.96. The summed E-state index contributed by atoms with van der Waals surface area (Å²) in [6, 6.07) is 7.29. The Morgan fingerprint density at radius 2 is 2.22 bits per heavy atom. The molecule has 0 saturated heterocycles. The van der Waals surface area contributed by atoms with Crippen molar-refractivity contribution < 1.29 is 19.2 Å². The molecule has 1 aromatic heterocycles. The molecule has 2 rings (SSSR count). The third-order valence-corrected chi connectivity index (χ3v) is 2.51. The van der Waals surface area contributed by atoms with Gasteiger partial charge in [-0.1, -0.05) is 16.8 Å². The summed E-state index contributed by atoms with van der Waals surface area (Å²) in [4.78, 5) is 10.6. The number of rotatable bonds is 4. The van der Waals surface area contributed by atoms with Crippen LogP contribution in [-0.2, 0) is 11.2 Å². The molecule has 0 aliphatic rings. The first kappa shape index (κ1) is 12.2. The Hall–Kier alpha value is -2.30. The van der Waals surface area contributed by atoms with E-state index in [-0.39, 0.29) is 6.42 Å². The number of aryl methyl sites for hydroxylation is 1. The van der Waals surface area contributed by atoms with Gasteiger partial charge in [-0.3, -0.25) is 4.79 Å². The fourth-order valence-electron chi connectivity index (χ4n) is 1.69. The van der Waals surface area contributed by atoms with Crippen molar-refractivity contribution >= 4 is 5.97 Å². The number of hydrogen-bond acceptors (Lipinski definition) is 4. The zero-order valence-corrected chi connectivity index (χ0v) is 10.1. The number of aromatic nitrogens is 1. The molecule has 1 N–H and O–H groups in total. The average Bonchev–Trinajstić information content (AvgIpc) is 2.76. The molecule has 94 valence electrons. The lowest BCUT2D eigenvalue weighted by atomic mass is 10.1. The second kappa shape index (κ2) is 4.91. The van der Waals surface area contributed by atoms with Gasteiger partial charge in [-0.05, 0) is 19.1 Å². The number of carboxylic acid groups (broad SMARTS) is 1. The lowest BCUT2D eigenvalue weighted by Crippen LogP contribution is -1.99. The molecule has 0 amide bonds. The molecule has 0 bridgehead atoms. The lowest BCUT2D eigenvalue weighted by Gasteiger charge is -2.05. The van der Waals surface area contributed by atoms with Gasteiger partial charge in [0, 0.05) is 6.07 Å². The van der Waals surface area contributed by atoms with Gasteiger partial charge in [0.25, 0.3) is 0 Å². The fraction of sp³-hybridized carbons (Fsp3) is 0.231. The molecular weight excluding hydrogens is 234 g/mol. The summed E-state index contributed by atoms with van der Waals surface area (Å²) in [6.45, 7) is 1.96. The molecule has 0 spiro atoms. The fourth-order valence-corrected chi connectivity index (χ4v) is 1.69. The number of benzene rings is 1. The summed E-state index contributed by atoms with van der Waals surface area (Å²) in [5.41, 5.74) is 2.21. The highest BCUT2D eigenvalue weighted by Gasteiger charge is 2.13. The first-order chi connectivity index (χ1) is 8.60. The lowest BCUT2D eigenvalue weighted by molar-refractivity contribution is -0.136. The smallest absolute Gasteiger partial charge is 0.309 e. The van der Waals surface area contributed by atoms with Gasteiger partial charge < -0.3 is 14.4 Å². The number of aliphatic carboxylic acids is 1. The molecule has 0 unspecified atom stereocenters. The Kier molecular flexibility index (Phi) is 3.32. The van der Waals surface area contributed by atoms with E-state index in [1.54, 1.807) is 13.2 Å². The summed E-state index contributed by atoms with van der Waals surface area (Å²) < 4.78 is 10.4. The van der Waals surface area contributed by atoms with Gasteiger partial charge in [-0.2, -0.15) is 0 Å². The van der Waals surface area contributed by atoms with Crippen molar-refractivity contribution in [1.29, 1.82) is 0 Å². The molecule has 1 heterocycles. The molecular formula is C13H13NO4. The van der Waals surface area contributed by atoms with Crippen molar-refractivity contribution in [2.75, 3.05) is 7.11 Å². The van der Waals surface area contributed by atoms with Crippen LogP contribution in [0, 0.1) is 6.92 Å². The minimum Gasteiger partial charge on any atom is -0.496 e.